The third kappa shape index (κ3) is 5.59. The maximum Gasteiger partial charge on any atom is 0.250 e. The second kappa shape index (κ2) is 10.7. The molecule has 1 aromatic carbocycles. The lowest BCUT2D eigenvalue weighted by atomic mass is 10.0. The Balaban J connectivity index is 1.29. The van der Waals surface area contributed by atoms with E-state index < -0.39 is 0 Å². The molecule has 1 N–H and O–H groups in total. The Morgan fingerprint density at radius 1 is 1.03 bits per heavy atom. The number of hydrogen-bond acceptors (Lipinski definition) is 5. The first-order valence-electron chi connectivity index (χ1n) is 11.0. The van der Waals surface area contributed by atoms with Crippen molar-refractivity contribution in [1.82, 2.24) is 19.9 Å². The number of aryl methyl sites for hydroxylation is 2. The third-order valence-electron chi connectivity index (χ3n) is 5.60. The van der Waals surface area contributed by atoms with E-state index in [0.717, 1.165) is 48.2 Å². The van der Waals surface area contributed by atoms with Crippen LogP contribution in [0.15, 0.2) is 84.0 Å². The molecule has 0 bridgehead atoms. The number of aromatic nitrogens is 3. The van der Waals surface area contributed by atoms with Crippen LogP contribution in [-0.2, 0) is 13.5 Å². The van der Waals surface area contributed by atoms with Crippen LogP contribution < -0.4 is 15.6 Å². The molecule has 4 aromatic rings. The van der Waals surface area contributed by atoms with Gasteiger partial charge in [-0.2, -0.15) is 0 Å². The molecule has 0 amide bonds. The van der Waals surface area contributed by atoms with Gasteiger partial charge in [0.05, 0.1) is 12.1 Å². The van der Waals surface area contributed by atoms with Crippen molar-refractivity contribution in [1.29, 1.82) is 0 Å². The monoisotopic (exact) mass is 428 g/mol. The molecule has 4 rings (SSSR count). The van der Waals surface area contributed by atoms with Crippen molar-refractivity contribution in [3.05, 3.63) is 101 Å². The molecule has 0 saturated heterocycles. The summed E-state index contributed by atoms with van der Waals surface area (Å²) in [4.78, 5) is 20.3. The standard InChI is InChI=1S/C26H28N4O2/c1-30-25-10-8-23(19-21(25)6-11-26(30)31)32-18-4-15-29-24(20-12-16-27-17-13-20)9-7-22-5-2-3-14-28-22/h2-3,5-6,8,10-14,16-17,19,24,29H,4,7,9,15,18H2,1H3. The van der Waals surface area contributed by atoms with Crippen LogP contribution in [0.2, 0.25) is 0 Å². The maximum absolute atomic E-state index is 11.8. The van der Waals surface area contributed by atoms with Crippen molar-refractivity contribution < 1.29 is 4.74 Å². The minimum absolute atomic E-state index is 0.0101. The fourth-order valence-corrected chi connectivity index (χ4v) is 3.81. The maximum atomic E-state index is 11.8. The van der Waals surface area contributed by atoms with Crippen LogP contribution in [0.25, 0.3) is 10.9 Å². The van der Waals surface area contributed by atoms with Gasteiger partial charge < -0.3 is 14.6 Å². The normalized spacial score (nSPS) is 12.0. The lowest BCUT2D eigenvalue weighted by Gasteiger charge is -2.19. The Bertz CT molecular complexity index is 1190. The summed E-state index contributed by atoms with van der Waals surface area (Å²) in [7, 11) is 1.78. The summed E-state index contributed by atoms with van der Waals surface area (Å²) in [6.45, 7) is 1.46. The fraction of sp³-hybridized carbons (Fsp3) is 0.269. The number of nitrogens with zero attached hydrogens (tertiary/aromatic N) is 3. The van der Waals surface area contributed by atoms with Crippen molar-refractivity contribution in [3.63, 3.8) is 0 Å². The first-order chi connectivity index (χ1) is 15.7. The first kappa shape index (κ1) is 21.7. The van der Waals surface area contributed by atoms with E-state index in [0.29, 0.717) is 6.61 Å². The zero-order valence-electron chi connectivity index (χ0n) is 18.3. The predicted molar refractivity (Wildman–Crippen MR) is 127 cm³/mol. The van der Waals surface area contributed by atoms with E-state index in [1.807, 2.05) is 55.0 Å². The van der Waals surface area contributed by atoms with Gasteiger partial charge in [-0.05, 0) is 79.9 Å². The molecule has 0 aliphatic rings. The molecule has 1 atom stereocenters. The smallest absolute Gasteiger partial charge is 0.250 e. The lowest BCUT2D eigenvalue weighted by molar-refractivity contribution is 0.304. The predicted octanol–water partition coefficient (Wildman–Crippen LogP) is 4.06. The Kier molecular flexibility index (Phi) is 7.25. The first-order valence-corrected chi connectivity index (χ1v) is 11.0. The topological polar surface area (TPSA) is 69.0 Å². The summed E-state index contributed by atoms with van der Waals surface area (Å²) in [5, 5.41) is 4.66. The zero-order valence-corrected chi connectivity index (χ0v) is 18.3. The Hall–Kier alpha value is -3.51. The van der Waals surface area contributed by atoms with Crippen LogP contribution >= 0.6 is 0 Å². The van der Waals surface area contributed by atoms with Crippen LogP contribution in [0, 0.1) is 0 Å². The molecule has 0 saturated carbocycles. The summed E-state index contributed by atoms with van der Waals surface area (Å²) in [5.41, 5.74) is 3.23. The highest BCUT2D eigenvalue weighted by Gasteiger charge is 2.11. The van der Waals surface area contributed by atoms with E-state index in [4.69, 9.17) is 4.74 Å². The van der Waals surface area contributed by atoms with E-state index in [2.05, 4.69) is 33.5 Å². The Morgan fingerprint density at radius 2 is 1.91 bits per heavy atom. The molecule has 164 valence electrons. The summed E-state index contributed by atoms with van der Waals surface area (Å²) in [6.07, 6.45) is 8.28. The van der Waals surface area contributed by atoms with E-state index in [1.165, 1.54) is 5.56 Å². The minimum atomic E-state index is -0.0101. The highest BCUT2D eigenvalue weighted by atomic mass is 16.5. The molecule has 0 radical (unpaired) electrons. The van der Waals surface area contributed by atoms with Gasteiger partial charge in [0, 0.05) is 48.8 Å². The van der Waals surface area contributed by atoms with Gasteiger partial charge in [0.15, 0.2) is 0 Å². The quantitative estimate of drug-likeness (QED) is 0.386. The second-order valence-corrected chi connectivity index (χ2v) is 7.80. The molecular weight excluding hydrogens is 400 g/mol. The second-order valence-electron chi connectivity index (χ2n) is 7.80. The molecule has 3 heterocycles. The van der Waals surface area contributed by atoms with Gasteiger partial charge in [0.1, 0.15) is 5.75 Å². The van der Waals surface area contributed by atoms with Gasteiger partial charge >= 0.3 is 0 Å². The van der Waals surface area contributed by atoms with E-state index >= 15 is 0 Å². The molecule has 6 heteroatoms. The molecule has 6 nitrogen and oxygen atoms in total. The minimum Gasteiger partial charge on any atom is -0.494 e. The van der Waals surface area contributed by atoms with Crippen LogP contribution in [0.4, 0.5) is 0 Å². The van der Waals surface area contributed by atoms with Gasteiger partial charge in [-0.1, -0.05) is 6.07 Å². The number of benzene rings is 1. The summed E-state index contributed by atoms with van der Waals surface area (Å²) < 4.78 is 7.60. The molecule has 0 aliphatic heterocycles. The van der Waals surface area contributed by atoms with Gasteiger partial charge in [-0.3, -0.25) is 14.8 Å². The summed E-state index contributed by atoms with van der Waals surface area (Å²) >= 11 is 0. The van der Waals surface area contributed by atoms with Crippen LogP contribution in [0.5, 0.6) is 5.75 Å². The summed E-state index contributed by atoms with van der Waals surface area (Å²) in [5.74, 6) is 0.817. The Labute approximate surface area is 187 Å². The molecule has 1 unspecified atom stereocenters. The number of nitrogens with one attached hydrogen (secondary N) is 1. The van der Waals surface area contributed by atoms with E-state index in [9.17, 15) is 4.79 Å². The summed E-state index contributed by atoms with van der Waals surface area (Å²) in [6, 6.07) is 19.7. The van der Waals surface area contributed by atoms with Crippen molar-refractivity contribution in [2.75, 3.05) is 13.2 Å². The van der Waals surface area contributed by atoms with E-state index in [1.54, 1.807) is 17.7 Å². The number of pyridine rings is 3. The average Bonchev–Trinajstić information content (AvgIpc) is 2.84. The van der Waals surface area contributed by atoms with Gasteiger partial charge in [-0.15, -0.1) is 0 Å². The Morgan fingerprint density at radius 3 is 2.72 bits per heavy atom. The zero-order chi connectivity index (χ0) is 22.2. The number of rotatable bonds is 10. The van der Waals surface area contributed by atoms with Gasteiger partial charge in [-0.25, -0.2) is 0 Å². The van der Waals surface area contributed by atoms with Gasteiger partial charge in [0.25, 0.3) is 5.56 Å². The molecule has 0 spiro atoms. The molecule has 32 heavy (non-hydrogen) atoms. The van der Waals surface area contributed by atoms with Crippen LogP contribution in [0.1, 0.15) is 30.1 Å². The number of fused-ring (bicyclic) bond motifs is 1. The molecule has 0 fully saturated rings. The fourth-order valence-electron chi connectivity index (χ4n) is 3.81. The van der Waals surface area contributed by atoms with Crippen molar-refractivity contribution in [2.24, 2.45) is 7.05 Å². The highest BCUT2D eigenvalue weighted by Crippen LogP contribution is 2.20. The molecular formula is C26H28N4O2. The van der Waals surface area contributed by atoms with Crippen LogP contribution in [-0.4, -0.2) is 27.7 Å². The van der Waals surface area contributed by atoms with E-state index in [-0.39, 0.29) is 11.6 Å². The number of ether oxygens (including phenoxy) is 1. The van der Waals surface area contributed by atoms with Crippen molar-refractivity contribution in [3.8, 4) is 5.75 Å². The molecule has 0 aliphatic carbocycles. The average molecular weight is 429 g/mol. The van der Waals surface area contributed by atoms with Crippen molar-refractivity contribution >= 4 is 10.9 Å². The molecule has 3 aromatic heterocycles. The van der Waals surface area contributed by atoms with Gasteiger partial charge in [0.2, 0.25) is 0 Å². The van der Waals surface area contributed by atoms with Crippen LogP contribution in [0.3, 0.4) is 0 Å². The number of hydrogen-bond donors (Lipinski definition) is 1. The largest absolute Gasteiger partial charge is 0.494 e. The third-order valence-corrected chi connectivity index (χ3v) is 5.60. The highest BCUT2D eigenvalue weighted by molar-refractivity contribution is 5.80. The van der Waals surface area contributed by atoms with Crippen molar-refractivity contribution in [2.45, 2.75) is 25.3 Å². The lowest BCUT2D eigenvalue weighted by Crippen LogP contribution is -2.24. The SMILES string of the molecule is Cn1c(=O)ccc2cc(OCCCNC(CCc3ccccn3)c3ccncc3)ccc21.